The van der Waals surface area contributed by atoms with Gasteiger partial charge in [0.2, 0.25) is 26.8 Å². The fourth-order valence-corrected chi connectivity index (χ4v) is 7.55. The minimum atomic E-state index is -3.91. The molecule has 11 nitrogen and oxygen atoms in total. The van der Waals surface area contributed by atoms with Crippen LogP contribution in [0.25, 0.3) is 21.9 Å². The van der Waals surface area contributed by atoms with Crippen LogP contribution in [0.5, 0.6) is 0 Å². The van der Waals surface area contributed by atoms with Gasteiger partial charge in [-0.3, -0.25) is 13.8 Å². The zero-order valence-corrected chi connectivity index (χ0v) is 23.6. The number of carbonyl (C=O) groups excluding carboxylic acids is 1. The van der Waals surface area contributed by atoms with Crippen molar-refractivity contribution in [2.45, 2.75) is 56.4 Å². The second kappa shape index (κ2) is 8.66. The molecule has 2 saturated carbocycles. The number of rotatable bonds is 7. The van der Waals surface area contributed by atoms with Crippen molar-refractivity contribution in [2.75, 3.05) is 31.1 Å². The standard InChI is InChI=1S/C25H28F2N8O3S2/c1-24(3-4-24)21(36)33-11-9-32(10-12-33)16-13-15(40(37,38)31-25(2)5-6-25)14-17-18(16)34-8-7-28-22(34)35(17)23-30-29-20(39-23)19(26)27/h7-8,13-14,19,31H,3-6,9-12H2,1-2H3. The molecule has 0 radical (unpaired) electrons. The molecule has 40 heavy (non-hydrogen) atoms. The lowest BCUT2D eigenvalue weighted by atomic mass is 10.1. The topological polar surface area (TPSA) is 118 Å². The number of fused-ring (bicyclic) bond motifs is 3. The maximum absolute atomic E-state index is 13.6. The highest BCUT2D eigenvalue weighted by Gasteiger charge is 2.47. The van der Waals surface area contributed by atoms with Crippen molar-refractivity contribution in [1.29, 1.82) is 0 Å². The molecule has 1 amide bonds. The Hall–Kier alpha value is -3.17. The molecule has 1 aliphatic heterocycles. The third-order valence-corrected chi connectivity index (χ3v) is 10.8. The molecular weight excluding hydrogens is 562 g/mol. The molecule has 3 aromatic heterocycles. The predicted octanol–water partition coefficient (Wildman–Crippen LogP) is 3.35. The average molecular weight is 591 g/mol. The molecule has 1 aromatic carbocycles. The van der Waals surface area contributed by atoms with Gasteiger partial charge in [-0.1, -0.05) is 18.3 Å². The van der Waals surface area contributed by atoms with Crippen molar-refractivity contribution in [2.24, 2.45) is 5.41 Å². The number of nitrogens with zero attached hydrogens (tertiary/aromatic N) is 7. The summed E-state index contributed by atoms with van der Waals surface area (Å²) in [5, 5.41) is 7.37. The Bertz CT molecular complexity index is 1760. The summed E-state index contributed by atoms with van der Waals surface area (Å²) in [5.74, 6) is 0.574. The van der Waals surface area contributed by atoms with E-state index in [1.165, 1.54) is 0 Å². The van der Waals surface area contributed by atoms with E-state index in [0.29, 0.717) is 48.7 Å². The molecule has 0 atom stereocenters. The summed E-state index contributed by atoms with van der Waals surface area (Å²) in [4.78, 5) is 21.4. The maximum atomic E-state index is 13.6. The van der Waals surface area contributed by atoms with Gasteiger partial charge in [0.15, 0.2) is 5.01 Å². The van der Waals surface area contributed by atoms with E-state index < -0.39 is 27.0 Å². The van der Waals surface area contributed by atoms with Crippen molar-refractivity contribution >= 4 is 49.8 Å². The molecule has 7 rings (SSSR count). The van der Waals surface area contributed by atoms with Crippen LogP contribution in [0.3, 0.4) is 0 Å². The summed E-state index contributed by atoms with van der Waals surface area (Å²) in [6.45, 7) is 5.93. The van der Waals surface area contributed by atoms with Crippen LogP contribution in [0, 0.1) is 5.41 Å². The van der Waals surface area contributed by atoms with Crippen LogP contribution in [0.4, 0.5) is 14.5 Å². The van der Waals surface area contributed by atoms with E-state index >= 15 is 0 Å². The number of sulfonamides is 1. The minimum absolute atomic E-state index is 0.0627. The molecular formula is C25H28F2N8O3S2. The van der Waals surface area contributed by atoms with Crippen molar-refractivity contribution in [3.63, 3.8) is 0 Å². The van der Waals surface area contributed by atoms with Gasteiger partial charge in [-0.05, 0) is 44.7 Å². The number of imidazole rings is 2. The zero-order chi connectivity index (χ0) is 28.0. The SMILES string of the molecule is CC1(NS(=O)(=O)c2cc(N3CCN(C(=O)C4(C)CC4)CC3)c3c(c2)n(-c2nnc(C(F)F)s2)c2nccn32)CC1. The van der Waals surface area contributed by atoms with Crippen LogP contribution in [-0.2, 0) is 14.8 Å². The lowest BCUT2D eigenvalue weighted by Crippen LogP contribution is -2.50. The molecule has 1 N–H and O–H groups in total. The zero-order valence-electron chi connectivity index (χ0n) is 22.0. The summed E-state index contributed by atoms with van der Waals surface area (Å²) >= 11 is 0.733. The Kier molecular flexibility index (Phi) is 5.58. The highest BCUT2D eigenvalue weighted by atomic mass is 32.2. The number of piperazine rings is 1. The molecule has 15 heteroatoms. The Labute approximate surface area is 232 Å². The Balaban J connectivity index is 1.37. The first-order valence-corrected chi connectivity index (χ1v) is 15.5. The third-order valence-electron chi connectivity index (χ3n) is 8.27. The van der Waals surface area contributed by atoms with Crippen LogP contribution < -0.4 is 9.62 Å². The monoisotopic (exact) mass is 590 g/mol. The number of alkyl halides is 2. The Morgan fingerprint density at radius 3 is 2.42 bits per heavy atom. The number of anilines is 1. The number of benzene rings is 1. The summed E-state index contributed by atoms with van der Waals surface area (Å²) in [5.41, 5.74) is 1.05. The molecule has 4 heterocycles. The van der Waals surface area contributed by atoms with E-state index in [2.05, 4.69) is 24.8 Å². The van der Waals surface area contributed by atoms with Crippen LogP contribution in [0.2, 0.25) is 0 Å². The first-order valence-electron chi connectivity index (χ1n) is 13.2. The van der Waals surface area contributed by atoms with Gasteiger partial charge in [0, 0.05) is 49.5 Å². The smallest absolute Gasteiger partial charge is 0.291 e. The van der Waals surface area contributed by atoms with Gasteiger partial charge in [-0.2, -0.15) is 0 Å². The summed E-state index contributed by atoms with van der Waals surface area (Å²) < 4.78 is 60.2. The van der Waals surface area contributed by atoms with Crippen molar-refractivity contribution in [1.82, 2.24) is 33.8 Å². The van der Waals surface area contributed by atoms with Gasteiger partial charge in [0.05, 0.1) is 21.6 Å². The second-order valence-corrected chi connectivity index (χ2v) is 14.1. The molecule has 1 saturated heterocycles. The van der Waals surface area contributed by atoms with E-state index in [-0.39, 0.29) is 21.3 Å². The highest BCUT2D eigenvalue weighted by molar-refractivity contribution is 7.89. The largest absolute Gasteiger partial charge is 0.366 e. The lowest BCUT2D eigenvalue weighted by Gasteiger charge is -2.37. The predicted molar refractivity (Wildman–Crippen MR) is 145 cm³/mol. The summed E-state index contributed by atoms with van der Waals surface area (Å²) in [7, 11) is -3.91. The van der Waals surface area contributed by atoms with Crippen LogP contribution in [-0.4, -0.2) is 75.1 Å². The number of carbonyl (C=O) groups is 1. The van der Waals surface area contributed by atoms with Crippen LogP contribution in [0.15, 0.2) is 29.4 Å². The van der Waals surface area contributed by atoms with Gasteiger partial charge < -0.3 is 9.80 Å². The van der Waals surface area contributed by atoms with E-state index in [0.717, 1.165) is 37.0 Å². The fourth-order valence-electron chi connectivity index (χ4n) is 5.34. The van der Waals surface area contributed by atoms with E-state index in [1.807, 2.05) is 23.1 Å². The second-order valence-electron chi connectivity index (χ2n) is 11.5. The van der Waals surface area contributed by atoms with Gasteiger partial charge in [-0.25, -0.2) is 26.9 Å². The van der Waals surface area contributed by atoms with Gasteiger partial charge >= 0.3 is 0 Å². The number of hydrogen-bond donors (Lipinski definition) is 1. The average Bonchev–Trinajstić information content (AvgIpc) is 3.60. The van der Waals surface area contributed by atoms with Crippen molar-refractivity contribution < 1.29 is 22.0 Å². The van der Waals surface area contributed by atoms with Crippen LogP contribution in [0.1, 0.15) is 51.0 Å². The fraction of sp³-hybridized carbons (Fsp3) is 0.520. The normalized spacial score (nSPS) is 20.1. The van der Waals surface area contributed by atoms with Gasteiger partial charge in [0.25, 0.3) is 6.43 Å². The number of aromatic nitrogens is 5. The highest BCUT2D eigenvalue weighted by Crippen LogP contribution is 2.47. The molecule has 3 fully saturated rings. The van der Waals surface area contributed by atoms with E-state index in [4.69, 9.17) is 0 Å². The van der Waals surface area contributed by atoms with Gasteiger partial charge in [0.1, 0.15) is 0 Å². The van der Waals surface area contributed by atoms with E-state index in [1.54, 1.807) is 29.1 Å². The summed E-state index contributed by atoms with van der Waals surface area (Å²) in [6, 6.07) is 3.20. The first kappa shape index (κ1) is 25.8. The molecule has 2 aliphatic carbocycles. The third kappa shape index (κ3) is 4.16. The molecule has 212 valence electrons. The van der Waals surface area contributed by atoms with Crippen LogP contribution >= 0.6 is 11.3 Å². The molecule has 0 spiro atoms. The number of nitrogens with one attached hydrogen (secondary N) is 1. The first-order chi connectivity index (χ1) is 19.0. The molecule has 4 aromatic rings. The van der Waals surface area contributed by atoms with E-state index in [9.17, 15) is 22.0 Å². The quantitative estimate of drug-likeness (QED) is 0.351. The maximum Gasteiger partial charge on any atom is 0.291 e. The van der Waals surface area contributed by atoms with Crippen molar-refractivity contribution in [3.05, 3.63) is 29.5 Å². The summed E-state index contributed by atoms with van der Waals surface area (Å²) in [6.07, 6.45) is 3.88. The lowest BCUT2D eigenvalue weighted by molar-refractivity contribution is -0.136. The number of halogens is 2. The number of amides is 1. The van der Waals surface area contributed by atoms with Gasteiger partial charge in [-0.15, -0.1) is 10.2 Å². The molecule has 3 aliphatic rings. The Morgan fingerprint density at radius 2 is 1.80 bits per heavy atom. The van der Waals surface area contributed by atoms with Crippen molar-refractivity contribution in [3.8, 4) is 5.13 Å². The number of hydrogen-bond acceptors (Lipinski definition) is 8. The Morgan fingerprint density at radius 1 is 1.07 bits per heavy atom. The minimum Gasteiger partial charge on any atom is -0.366 e. The molecule has 0 unspecified atom stereocenters. The molecule has 0 bridgehead atoms.